The molecular weight excluding hydrogens is 392 g/mol. The van der Waals surface area contributed by atoms with E-state index in [1.54, 1.807) is 22.1 Å². The number of piperidine rings is 1. The van der Waals surface area contributed by atoms with Crippen molar-refractivity contribution in [3.8, 4) is 17.5 Å². The Morgan fingerprint density at radius 1 is 1.25 bits per heavy atom. The van der Waals surface area contributed by atoms with Gasteiger partial charge in [0.05, 0.1) is 24.2 Å². The number of aromatic hydroxyl groups is 1. The van der Waals surface area contributed by atoms with E-state index < -0.39 is 0 Å². The number of likely N-dealkylation sites (tertiary alicyclic amines) is 1. The lowest BCUT2D eigenvalue weighted by Gasteiger charge is -2.36. The van der Waals surface area contributed by atoms with Gasteiger partial charge in [0.25, 0.3) is 0 Å². The molecule has 0 saturated carbocycles. The van der Waals surface area contributed by atoms with Crippen LogP contribution in [0.3, 0.4) is 0 Å². The Hall–Kier alpha value is -2.16. The molecule has 0 aromatic carbocycles. The molecule has 5 rings (SSSR count). The maximum atomic E-state index is 11.1. The molecule has 0 spiro atoms. The van der Waals surface area contributed by atoms with Gasteiger partial charge in [-0.3, -0.25) is 0 Å². The van der Waals surface area contributed by atoms with Crippen LogP contribution in [-0.2, 0) is 0 Å². The van der Waals surface area contributed by atoms with Crippen molar-refractivity contribution < 1.29 is 14.4 Å². The molecule has 146 valence electrons. The molecule has 5 heterocycles. The minimum Gasteiger partial charge on any atom is -0.492 e. The number of fused-ring (bicyclic) bond motifs is 1. The summed E-state index contributed by atoms with van der Waals surface area (Å²) in [6.45, 7) is 6.88. The van der Waals surface area contributed by atoms with Crippen molar-refractivity contribution in [2.24, 2.45) is 11.8 Å². The van der Waals surface area contributed by atoms with Gasteiger partial charge < -0.3 is 14.4 Å². The molecule has 28 heavy (non-hydrogen) atoms. The molecule has 6 nitrogen and oxygen atoms in total. The molecule has 0 radical (unpaired) electrons. The van der Waals surface area contributed by atoms with Crippen molar-refractivity contribution in [1.82, 2.24) is 14.6 Å². The molecule has 0 amide bonds. The zero-order valence-electron chi connectivity index (χ0n) is 15.8. The molecule has 2 N–H and O–H groups in total. The van der Waals surface area contributed by atoms with Gasteiger partial charge in [0.15, 0.2) is 11.8 Å². The summed E-state index contributed by atoms with van der Waals surface area (Å²) in [4.78, 5) is 9.02. The molecule has 0 aliphatic carbocycles. The molecule has 8 heteroatoms. The lowest BCUT2D eigenvalue weighted by molar-refractivity contribution is -0.936. The Kier molecular flexibility index (Phi) is 4.49. The molecule has 1 fully saturated rings. The van der Waals surface area contributed by atoms with Crippen molar-refractivity contribution in [1.29, 1.82) is 0 Å². The third kappa shape index (κ3) is 3.05. The summed E-state index contributed by atoms with van der Waals surface area (Å²) in [6, 6.07) is 8.02. The van der Waals surface area contributed by atoms with Crippen molar-refractivity contribution in [3.05, 3.63) is 45.7 Å². The van der Waals surface area contributed by atoms with E-state index >= 15 is 0 Å². The standard InChI is InChI=1S/C20H22N4O2S2/c1-12-9-13(2)11-23(10-12)16(15-6-4-8-27-15)17-19(25)24-20(28-17)21-18(22-24)14-5-3-7-26-14/h3-8,12-13,16,25H,9-11H2,1-2H3/p+1/t12-,13-,16-/m0/s1. The zero-order chi connectivity index (χ0) is 19.3. The van der Waals surface area contributed by atoms with Gasteiger partial charge in [-0.25, -0.2) is 0 Å². The van der Waals surface area contributed by atoms with Crippen molar-refractivity contribution in [3.63, 3.8) is 0 Å². The van der Waals surface area contributed by atoms with E-state index in [0.29, 0.717) is 28.4 Å². The second-order valence-electron chi connectivity index (χ2n) is 7.86. The number of thiophene rings is 1. The number of thiazole rings is 1. The second kappa shape index (κ2) is 7.02. The van der Waals surface area contributed by atoms with Crippen LogP contribution >= 0.6 is 22.7 Å². The third-order valence-electron chi connectivity index (χ3n) is 5.47. The molecule has 1 aliphatic heterocycles. The van der Waals surface area contributed by atoms with E-state index in [9.17, 15) is 5.11 Å². The molecule has 4 aromatic rings. The second-order valence-corrected chi connectivity index (χ2v) is 9.85. The van der Waals surface area contributed by atoms with Crippen LogP contribution < -0.4 is 4.90 Å². The van der Waals surface area contributed by atoms with Crippen LogP contribution in [0.25, 0.3) is 16.5 Å². The first kappa shape index (κ1) is 17.9. The Morgan fingerprint density at radius 3 is 2.71 bits per heavy atom. The molecule has 0 unspecified atom stereocenters. The first-order valence-corrected chi connectivity index (χ1v) is 11.3. The van der Waals surface area contributed by atoms with Gasteiger partial charge in [-0.2, -0.15) is 9.50 Å². The first-order chi connectivity index (χ1) is 13.6. The van der Waals surface area contributed by atoms with E-state index in [1.807, 2.05) is 12.1 Å². The number of nitrogens with zero attached hydrogens (tertiary/aromatic N) is 3. The van der Waals surface area contributed by atoms with Crippen LogP contribution in [0, 0.1) is 11.8 Å². The van der Waals surface area contributed by atoms with E-state index in [-0.39, 0.29) is 11.9 Å². The topological polar surface area (TPSA) is 68.0 Å². The fraction of sp³-hybridized carbons (Fsp3) is 0.400. The Balaban J connectivity index is 1.58. The highest BCUT2D eigenvalue weighted by atomic mass is 32.1. The Labute approximate surface area is 171 Å². The van der Waals surface area contributed by atoms with Crippen molar-refractivity contribution in [2.75, 3.05) is 13.1 Å². The monoisotopic (exact) mass is 415 g/mol. The summed E-state index contributed by atoms with van der Waals surface area (Å²) in [6.07, 6.45) is 2.87. The SMILES string of the molecule is C[C@H]1C[C@H](C)C[NH+]([C@@H](c2cccs2)c2sc3nc(-c4ccco4)nn3c2O)C1. The molecule has 1 aliphatic rings. The lowest BCUT2D eigenvalue weighted by Crippen LogP contribution is -3.14. The maximum Gasteiger partial charge on any atom is 0.235 e. The first-order valence-electron chi connectivity index (χ1n) is 9.60. The predicted molar refractivity (Wildman–Crippen MR) is 110 cm³/mol. The molecule has 1 saturated heterocycles. The van der Waals surface area contributed by atoms with E-state index in [1.165, 1.54) is 27.5 Å². The number of hydrogen-bond acceptors (Lipinski definition) is 6. The van der Waals surface area contributed by atoms with Gasteiger partial charge in [-0.1, -0.05) is 31.3 Å². The maximum absolute atomic E-state index is 11.1. The van der Waals surface area contributed by atoms with Gasteiger partial charge >= 0.3 is 0 Å². The van der Waals surface area contributed by atoms with Crippen LogP contribution in [-0.4, -0.2) is 32.8 Å². The fourth-order valence-corrected chi connectivity index (χ4v) is 6.59. The summed E-state index contributed by atoms with van der Waals surface area (Å²) in [5.74, 6) is 2.66. The van der Waals surface area contributed by atoms with Crippen LogP contribution in [0.15, 0.2) is 40.3 Å². The summed E-state index contributed by atoms with van der Waals surface area (Å²) < 4.78 is 6.95. The van der Waals surface area contributed by atoms with Crippen LogP contribution in [0.2, 0.25) is 0 Å². The molecule has 0 bridgehead atoms. The summed E-state index contributed by atoms with van der Waals surface area (Å²) >= 11 is 3.28. The Bertz CT molecular complexity index is 1060. The Morgan fingerprint density at radius 2 is 2.07 bits per heavy atom. The highest BCUT2D eigenvalue weighted by molar-refractivity contribution is 7.17. The van der Waals surface area contributed by atoms with E-state index in [0.717, 1.165) is 18.0 Å². The highest BCUT2D eigenvalue weighted by Crippen LogP contribution is 2.37. The number of nitrogens with one attached hydrogen (secondary N) is 1. The smallest absolute Gasteiger partial charge is 0.235 e. The number of furan rings is 1. The number of aromatic nitrogens is 3. The van der Waals surface area contributed by atoms with Gasteiger partial charge in [-0.15, -0.1) is 16.4 Å². The van der Waals surface area contributed by atoms with Crippen LogP contribution in [0.4, 0.5) is 0 Å². The van der Waals surface area contributed by atoms with Crippen molar-refractivity contribution in [2.45, 2.75) is 26.3 Å². The molecule has 3 atom stereocenters. The molecular formula is C20H23N4O2S2+. The summed E-state index contributed by atoms with van der Waals surface area (Å²) in [5, 5.41) is 17.7. The summed E-state index contributed by atoms with van der Waals surface area (Å²) in [7, 11) is 0. The van der Waals surface area contributed by atoms with E-state index in [2.05, 4.69) is 41.4 Å². The number of hydrogen-bond donors (Lipinski definition) is 2. The minimum atomic E-state index is 0.116. The largest absolute Gasteiger partial charge is 0.492 e. The zero-order valence-corrected chi connectivity index (χ0v) is 17.5. The lowest BCUT2D eigenvalue weighted by atomic mass is 9.90. The normalized spacial score (nSPS) is 24.0. The quantitative estimate of drug-likeness (QED) is 0.536. The highest BCUT2D eigenvalue weighted by Gasteiger charge is 2.37. The van der Waals surface area contributed by atoms with Crippen LogP contribution in [0.1, 0.15) is 36.1 Å². The number of rotatable bonds is 4. The van der Waals surface area contributed by atoms with E-state index in [4.69, 9.17) is 4.42 Å². The van der Waals surface area contributed by atoms with Gasteiger partial charge in [0.2, 0.25) is 16.7 Å². The number of quaternary nitrogens is 1. The van der Waals surface area contributed by atoms with Crippen LogP contribution in [0.5, 0.6) is 5.88 Å². The average Bonchev–Trinajstić information content (AvgIpc) is 3.41. The average molecular weight is 416 g/mol. The molecule has 4 aromatic heterocycles. The van der Waals surface area contributed by atoms with Gasteiger partial charge in [0.1, 0.15) is 4.88 Å². The van der Waals surface area contributed by atoms with Crippen molar-refractivity contribution >= 4 is 27.6 Å². The van der Waals surface area contributed by atoms with Gasteiger partial charge in [0, 0.05) is 11.8 Å². The summed E-state index contributed by atoms with van der Waals surface area (Å²) in [5.41, 5.74) is 0. The fourth-order valence-electron chi connectivity index (χ4n) is 4.49. The predicted octanol–water partition coefficient (Wildman–Crippen LogP) is 3.47. The minimum absolute atomic E-state index is 0.116. The van der Waals surface area contributed by atoms with Gasteiger partial charge in [-0.05, 0) is 30.0 Å². The third-order valence-corrected chi connectivity index (χ3v) is 7.49.